The van der Waals surface area contributed by atoms with E-state index in [4.69, 9.17) is 14.0 Å². The number of nitrogens with zero attached hydrogens (tertiary/aromatic N) is 1. The number of esters is 1. The van der Waals surface area contributed by atoms with Gasteiger partial charge in [0, 0.05) is 18.6 Å². The third-order valence-electron chi connectivity index (χ3n) is 3.46. The topological polar surface area (TPSA) is 61.6 Å². The molecule has 5 nitrogen and oxygen atoms in total. The normalized spacial score (nSPS) is 19.4. The molecule has 5 heteroatoms. The molecule has 0 radical (unpaired) electrons. The molecular weight excluding hydrogens is 246 g/mol. The number of carbonyl (C=O) groups excluding carboxylic acids is 1. The molecule has 106 valence electrons. The highest BCUT2D eigenvalue weighted by atomic mass is 16.6. The van der Waals surface area contributed by atoms with Gasteiger partial charge >= 0.3 is 5.97 Å². The number of ether oxygens (including phenoxy) is 2. The summed E-state index contributed by atoms with van der Waals surface area (Å²) in [5, 5.41) is 3.87. The predicted octanol–water partition coefficient (Wildman–Crippen LogP) is 2.34. The number of hydrogen-bond donors (Lipinski definition) is 0. The van der Waals surface area contributed by atoms with Crippen LogP contribution in [0.15, 0.2) is 4.52 Å². The second-order valence-electron chi connectivity index (χ2n) is 4.97. The molecule has 1 atom stereocenters. The quantitative estimate of drug-likeness (QED) is 0.766. The highest BCUT2D eigenvalue weighted by molar-refractivity contribution is 5.69. The summed E-state index contributed by atoms with van der Waals surface area (Å²) in [5.41, 5.74) is 1.85. The summed E-state index contributed by atoms with van der Waals surface area (Å²) in [6, 6.07) is 0. The second-order valence-corrected chi connectivity index (χ2v) is 4.97. The molecule has 1 saturated heterocycles. The van der Waals surface area contributed by atoms with Crippen molar-refractivity contribution in [2.24, 2.45) is 0 Å². The van der Waals surface area contributed by atoms with Gasteiger partial charge in [0.25, 0.3) is 0 Å². The van der Waals surface area contributed by atoms with Crippen LogP contribution in [0.25, 0.3) is 0 Å². The Balaban J connectivity index is 1.69. The first-order valence-corrected chi connectivity index (χ1v) is 6.86. The van der Waals surface area contributed by atoms with Crippen LogP contribution in [0.5, 0.6) is 0 Å². The van der Waals surface area contributed by atoms with E-state index < -0.39 is 0 Å². The third kappa shape index (κ3) is 4.06. The maximum Gasteiger partial charge on any atom is 0.306 e. The molecule has 0 aliphatic carbocycles. The zero-order chi connectivity index (χ0) is 13.7. The molecule has 1 aromatic rings. The molecule has 0 spiro atoms. The number of carbonyl (C=O) groups is 1. The van der Waals surface area contributed by atoms with Crippen molar-refractivity contribution in [1.82, 2.24) is 5.16 Å². The average Bonchev–Trinajstić information content (AvgIpc) is 2.75. The summed E-state index contributed by atoms with van der Waals surface area (Å²) >= 11 is 0. The summed E-state index contributed by atoms with van der Waals surface area (Å²) in [4.78, 5) is 11.7. The average molecular weight is 267 g/mol. The van der Waals surface area contributed by atoms with E-state index in [0.717, 1.165) is 42.9 Å². The zero-order valence-electron chi connectivity index (χ0n) is 11.6. The molecule has 1 aromatic heterocycles. The fourth-order valence-electron chi connectivity index (χ4n) is 2.28. The Morgan fingerprint density at radius 2 is 2.26 bits per heavy atom. The smallest absolute Gasteiger partial charge is 0.306 e. The Morgan fingerprint density at radius 1 is 1.42 bits per heavy atom. The van der Waals surface area contributed by atoms with Gasteiger partial charge in [-0.25, -0.2) is 0 Å². The molecule has 1 aliphatic rings. The van der Waals surface area contributed by atoms with E-state index in [0.29, 0.717) is 19.4 Å². The van der Waals surface area contributed by atoms with Gasteiger partial charge in [0.05, 0.1) is 11.8 Å². The van der Waals surface area contributed by atoms with Crippen LogP contribution in [0.1, 0.15) is 42.7 Å². The first-order valence-electron chi connectivity index (χ1n) is 6.86. The first kappa shape index (κ1) is 14.1. The van der Waals surface area contributed by atoms with Gasteiger partial charge in [-0.15, -0.1) is 0 Å². The molecule has 1 unspecified atom stereocenters. The summed E-state index contributed by atoms with van der Waals surface area (Å²) in [6.07, 6.45) is 4.30. The minimum absolute atomic E-state index is 0.0803. The summed E-state index contributed by atoms with van der Waals surface area (Å²) in [7, 11) is 0. The second kappa shape index (κ2) is 6.70. The van der Waals surface area contributed by atoms with E-state index in [1.807, 2.05) is 13.8 Å². The number of hydrogen-bond acceptors (Lipinski definition) is 5. The van der Waals surface area contributed by atoms with Gasteiger partial charge in [-0.1, -0.05) is 5.16 Å². The van der Waals surface area contributed by atoms with Crippen molar-refractivity contribution in [3.8, 4) is 0 Å². The summed E-state index contributed by atoms with van der Waals surface area (Å²) in [6.45, 7) is 4.89. The van der Waals surface area contributed by atoms with Crippen molar-refractivity contribution in [1.29, 1.82) is 0 Å². The zero-order valence-corrected chi connectivity index (χ0v) is 11.6. The van der Waals surface area contributed by atoms with E-state index in [1.54, 1.807) is 0 Å². The molecule has 2 heterocycles. The largest absolute Gasteiger partial charge is 0.463 e. The minimum atomic E-state index is -0.186. The van der Waals surface area contributed by atoms with Gasteiger partial charge in [0.1, 0.15) is 12.4 Å². The Kier molecular flexibility index (Phi) is 4.96. The summed E-state index contributed by atoms with van der Waals surface area (Å²) in [5.74, 6) is 0.593. The van der Waals surface area contributed by atoms with Crippen molar-refractivity contribution in [2.45, 2.75) is 52.1 Å². The SMILES string of the molecule is Cc1noc(C)c1CCC(=O)OCC1CCCCO1. The Morgan fingerprint density at radius 3 is 2.89 bits per heavy atom. The molecule has 2 rings (SSSR count). The van der Waals surface area contributed by atoms with Crippen LogP contribution >= 0.6 is 0 Å². The Labute approximate surface area is 113 Å². The van der Waals surface area contributed by atoms with Gasteiger partial charge in [0.2, 0.25) is 0 Å². The van der Waals surface area contributed by atoms with Gasteiger partial charge in [-0.3, -0.25) is 4.79 Å². The van der Waals surface area contributed by atoms with E-state index >= 15 is 0 Å². The fraction of sp³-hybridized carbons (Fsp3) is 0.714. The molecule has 0 amide bonds. The Bertz CT molecular complexity index is 402. The van der Waals surface area contributed by atoms with E-state index in [2.05, 4.69) is 5.16 Å². The fourth-order valence-corrected chi connectivity index (χ4v) is 2.28. The van der Waals surface area contributed by atoms with Crippen LogP contribution in [0, 0.1) is 13.8 Å². The lowest BCUT2D eigenvalue weighted by Gasteiger charge is -2.22. The first-order chi connectivity index (χ1) is 9.16. The number of aryl methyl sites for hydroxylation is 2. The van der Waals surface area contributed by atoms with E-state index in [1.165, 1.54) is 0 Å². The highest BCUT2D eigenvalue weighted by Gasteiger charge is 2.17. The van der Waals surface area contributed by atoms with Crippen molar-refractivity contribution >= 4 is 5.97 Å². The van der Waals surface area contributed by atoms with Gasteiger partial charge < -0.3 is 14.0 Å². The Hall–Kier alpha value is -1.36. The summed E-state index contributed by atoms with van der Waals surface area (Å²) < 4.78 is 15.8. The lowest BCUT2D eigenvalue weighted by atomic mass is 10.1. The van der Waals surface area contributed by atoms with Crippen LogP contribution < -0.4 is 0 Å². The molecule has 0 aromatic carbocycles. The van der Waals surface area contributed by atoms with Crippen molar-refractivity contribution < 1.29 is 18.8 Å². The number of aromatic nitrogens is 1. The monoisotopic (exact) mass is 267 g/mol. The van der Waals surface area contributed by atoms with Crippen LogP contribution in [-0.2, 0) is 20.7 Å². The van der Waals surface area contributed by atoms with Crippen LogP contribution in [0.3, 0.4) is 0 Å². The van der Waals surface area contributed by atoms with Crippen molar-refractivity contribution in [2.75, 3.05) is 13.2 Å². The standard InChI is InChI=1S/C14H21NO4/c1-10-13(11(2)19-15-10)6-7-14(16)18-9-12-5-3-4-8-17-12/h12H,3-9H2,1-2H3. The molecule has 1 aliphatic heterocycles. The lowest BCUT2D eigenvalue weighted by Crippen LogP contribution is -2.26. The van der Waals surface area contributed by atoms with E-state index in [9.17, 15) is 4.79 Å². The van der Waals surface area contributed by atoms with Crippen molar-refractivity contribution in [3.05, 3.63) is 17.0 Å². The molecular formula is C14H21NO4. The van der Waals surface area contributed by atoms with Gasteiger partial charge in [0.15, 0.2) is 0 Å². The highest BCUT2D eigenvalue weighted by Crippen LogP contribution is 2.15. The van der Waals surface area contributed by atoms with E-state index in [-0.39, 0.29) is 12.1 Å². The minimum Gasteiger partial charge on any atom is -0.463 e. The third-order valence-corrected chi connectivity index (χ3v) is 3.46. The number of rotatable bonds is 5. The van der Waals surface area contributed by atoms with Gasteiger partial charge in [-0.2, -0.15) is 0 Å². The maximum absolute atomic E-state index is 11.7. The molecule has 0 N–H and O–H groups in total. The van der Waals surface area contributed by atoms with Crippen LogP contribution in [0.2, 0.25) is 0 Å². The lowest BCUT2D eigenvalue weighted by molar-refractivity contribution is -0.149. The van der Waals surface area contributed by atoms with Crippen molar-refractivity contribution in [3.63, 3.8) is 0 Å². The molecule has 19 heavy (non-hydrogen) atoms. The van der Waals surface area contributed by atoms with Crippen LogP contribution in [-0.4, -0.2) is 30.4 Å². The maximum atomic E-state index is 11.7. The molecule has 1 fully saturated rings. The van der Waals surface area contributed by atoms with Gasteiger partial charge in [-0.05, 0) is 39.5 Å². The predicted molar refractivity (Wildman–Crippen MR) is 68.8 cm³/mol. The molecule has 0 saturated carbocycles. The molecule has 0 bridgehead atoms. The van der Waals surface area contributed by atoms with Crippen LogP contribution in [0.4, 0.5) is 0 Å².